The van der Waals surface area contributed by atoms with Gasteiger partial charge < -0.3 is 43.2 Å². The van der Waals surface area contributed by atoms with E-state index in [-0.39, 0.29) is 12.6 Å². The summed E-state index contributed by atoms with van der Waals surface area (Å²) in [5.41, 5.74) is 30.1. The van der Waals surface area contributed by atoms with Crippen LogP contribution in [0.15, 0.2) is 36.4 Å². The fourth-order valence-corrected chi connectivity index (χ4v) is 3.78. The minimum Gasteiger partial charge on any atom is -0.493 e. The Hall–Kier alpha value is -2.53. The largest absolute Gasteiger partial charge is 0.493 e. The highest BCUT2D eigenvalue weighted by Gasteiger charge is 2.16. The zero-order valence-electron chi connectivity index (χ0n) is 23.5. The van der Waals surface area contributed by atoms with Crippen molar-refractivity contribution in [2.45, 2.75) is 58.0 Å². The van der Waals surface area contributed by atoms with Crippen LogP contribution in [0.25, 0.3) is 0 Å². The first-order valence-electron chi connectivity index (χ1n) is 12.8. The van der Waals surface area contributed by atoms with Crippen LogP contribution in [0.2, 0.25) is 0 Å². The molecule has 0 heterocycles. The molecular formula is C28H51N5O4. The molecule has 2 aromatic rings. The first-order valence-corrected chi connectivity index (χ1v) is 12.8. The Balaban J connectivity index is 0. The van der Waals surface area contributed by atoms with E-state index in [9.17, 15) is 4.79 Å². The molecule has 9 heteroatoms. The van der Waals surface area contributed by atoms with Crippen LogP contribution in [0.5, 0.6) is 5.75 Å². The zero-order chi connectivity index (χ0) is 28.6. The van der Waals surface area contributed by atoms with E-state index in [1.165, 1.54) is 39.4 Å². The molecule has 0 bridgehead atoms. The number of ether oxygens (including phenoxy) is 2. The molecule has 1 atom stereocenters. The molecule has 0 radical (unpaired) electrons. The van der Waals surface area contributed by atoms with Gasteiger partial charge in [0.1, 0.15) is 5.75 Å². The number of aryl methyl sites for hydroxylation is 1. The van der Waals surface area contributed by atoms with E-state index in [0.717, 1.165) is 49.0 Å². The summed E-state index contributed by atoms with van der Waals surface area (Å²) in [4.78, 5) is 11.9. The fraction of sp³-hybridized carbons (Fsp3) is 0.536. The van der Waals surface area contributed by atoms with E-state index in [1.807, 2.05) is 24.3 Å². The van der Waals surface area contributed by atoms with Gasteiger partial charge in [-0.1, -0.05) is 31.2 Å². The summed E-state index contributed by atoms with van der Waals surface area (Å²) in [5.74, 6) is 0.836. The maximum Gasteiger partial charge on any atom is 0.338 e. The molecule has 0 aromatic heterocycles. The minimum atomic E-state index is -0.354. The van der Waals surface area contributed by atoms with Crippen molar-refractivity contribution in [3.05, 3.63) is 64.2 Å². The second-order valence-electron chi connectivity index (χ2n) is 7.68. The van der Waals surface area contributed by atoms with Crippen LogP contribution in [-0.4, -0.2) is 52.5 Å². The van der Waals surface area contributed by atoms with Gasteiger partial charge in [0.2, 0.25) is 0 Å². The quantitative estimate of drug-likeness (QED) is 0.170. The lowest BCUT2D eigenvalue weighted by molar-refractivity contribution is 0.0599. The molecule has 1 unspecified atom stereocenters. The van der Waals surface area contributed by atoms with E-state index >= 15 is 0 Å². The van der Waals surface area contributed by atoms with Crippen LogP contribution in [-0.2, 0) is 24.2 Å². The monoisotopic (exact) mass is 521 g/mol. The normalized spacial score (nSPS) is 10.5. The highest BCUT2D eigenvalue weighted by atomic mass is 16.5. The predicted octanol–water partition coefficient (Wildman–Crippen LogP) is 2.39. The molecule has 0 amide bonds. The van der Waals surface area contributed by atoms with E-state index < -0.39 is 0 Å². The molecule has 212 valence electrons. The third-order valence-corrected chi connectivity index (χ3v) is 5.66. The fourth-order valence-electron chi connectivity index (χ4n) is 3.78. The van der Waals surface area contributed by atoms with E-state index in [2.05, 4.69) is 36.3 Å². The van der Waals surface area contributed by atoms with Gasteiger partial charge in [-0.3, -0.25) is 0 Å². The molecule has 9 nitrogen and oxygen atoms in total. The van der Waals surface area contributed by atoms with E-state index in [4.69, 9.17) is 26.0 Å². The van der Waals surface area contributed by atoms with Crippen LogP contribution < -0.4 is 33.4 Å². The van der Waals surface area contributed by atoms with Crippen molar-refractivity contribution in [3.63, 3.8) is 0 Å². The Morgan fingerprint density at radius 2 is 1.57 bits per heavy atom. The number of aliphatic hydroxyl groups excluding tert-OH is 1. The molecule has 2 rings (SSSR count). The number of unbranched alkanes of at least 4 members (excludes halogenated alkanes) is 1. The second kappa shape index (κ2) is 23.8. The highest BCUT2D eigenvalue weighted by Crippen LogP contribution is 2.28. The van der Waals surface area contributed by atoms with Gasteiger partial charge in [-0.2, -0.15) is 0 Å². The van der Waals surface area contributed by atoms with E-state index in [0.29, 0.717) is 31.2 Å². The van der Waals surface area contributed by atoms with Crippen molar-refractivity contribution >= 4 is 5.97 Å². The summed E-state index contributed by atoms with van der Waals surface area (Å²) in [6, 6.07) is 12.1. The van der Waals surface area contributed by atoms with Crippen LogP contribution in [0.1, 0.15) is 71.1 Å². The van der Waals surface area contributed by atoms with Gasteiger partial charge in [0.25, 0.3) is 0 Å². The maximum atomic E-state index is 11.9. The number of methoxy groups -OCH3 is 1. The van der Waals surface area contributed by atoms with E-state index in [1.54, 1.807) is 0 Å². The Bertz CT molecular complexity index is 849. The minimum absolute atomic E-state index is 0.183. The number of carbonyl (C=O) groups is 1. The standard InChI is InChI=1S/C25H36N2O4.3CH5N/c1-3-19(20-9-10-23(25(29)30-2)21(15-20)16-26)8-6-18-7-11-24(22(14-18)17-27)31-13-5-4-12-28;3*1-2/h7,9-11,14-15,19,28H,3-6,8,12-13,16-17,26-27H2,1-2H3;3*2H2,1H3. The lowest BCUT2D eigenvalue weighted by Crippen LogP contribution is -2.11. The summed E-state index contributed by atoms with van der Waals surface area (Å²) in [5, 5.41) is 8.88. The molecular weight excluding hydrogens is 470 g/mol. The molecule has 0 fully saturated rings. The van der Waals surface area contributed by atoms with Crippen LogP contribution in [0.3, 0.4) is 0 Å². The SMILES string of the molecule is CCC(CCc1ccc(OCCCCO)c(CN)c1)c1ccc(C(=O)OC)c(CN)c1.CN.CN.CN. The number of rotatable bonds is 13. The van der Waals surface area contributed by atoms with Crippen LogP contribution in [0.4, 0.5) is 0 Å². The number of aliphatic hydroxyl groups is 1. The average Bonchev–Trinajstić information content (AvgIpc) is 2.98. The lowest BCUT2D eigenvalue weighted by atomic mass is 9.88. The topological polar surface area (TPSA) is 186 Å². The summed E-state index contributed by atoms with van der Waals surface area (Å²) in [6.07, 6.45) is 4.46. The molecule has 0 spiro atoms. The average molecular weight is 522 g/mol. The van der Waals surface area contributed by atoms with Crippen molar-refractivity contribution in [3.8, 4) is 5.75 Å². The smallest absolute Gasteiger partial charge is 0.338 e. The summed E-state index contributed by atoms with van der Waals surface area (Å²) >= 11 is 0. The molecule has 0 saturated carbocycles. The lowest BCUT2D eigenvalue weighted by Gasteiger charge is -2.18. The summed E-state index contributed by atoms with van der Waals surface area (Å²) in [6.45, 7) is 3.66. The van der Waals surface area contributed by atoms with Gasteiger partial charge in [0, 0.05) is 25.3 Å². The van der Waals surface area contributed by atoms with Crippen molar-refractivity contribution in [2.75, 3.05) is 41.5 Å². The van der Waals surface area contributed by atoms with Crippen LogP contribution in [0, 0.1) is 0 Å². The van der Waals surface area contributed by atoms with Gasteiger partial charge in [0.05, 0.1) is 19.3 Å². The molecule has 0 aliphatic heterocycles. The summed E-state index contributed by atoms with van der Waals surface area (Å²) < 4.78 is 10.7. The van der Waals surface area contributed by atoms with Gasteiger partial charge in [-0.25, -0.2) is 4.79 Å². The molecule has 0 saturated heterocycles. The Morgan fingerprint density at radius 3 is 2.11 bits per heavy atom. The Morgan fingerprint density at radius 1 is 0.919 bits per heavy atom. The van der Waals surface area contributed by atoms with Crippen molar-refractivity contribution in [1.29, 1.82) is 0 Å². The zero-order valence-corrected chi connectivity index (χ0v) is 23.5. The molecule has 0 aliphatic carbocycles. The van der Waals surface area contributed by atoms with Crippen LogP contribution >= 0.6 is 0 Å². The van der Waals surface area contributed by atoms with Crippen molar-refractivity contribution in [1.82, 2.24) is 0 Å². The number of hydrogen-bond donors (Lipinski definition) is 6. The maximum absolute atomic E-state index is 11.9. The number of nitrogens with two attached hydrogens (primary N) is 5. The third kappa shape index (κ3) is 13.0. The first-order chi connectivity index (χ1) is 18.1. The molecule has 2 aromatic carbocycles. The van der Waals surface area contributed by atoms with Gasteiger partial charge in [-0.05, 0) is 88.0 Å². The summed E-state index contributed by atoms with van der Waals surface area (Å²) in [7, 11) is 5.88. The number of hydrogen-bond acceptors (Lipinski definition) is 9. The number of esters is 1. The molecule has 37 heavy (non-hydrogen) atoms. The van der Waals surface area contributed by atoms with Crippen molar-refractivity contribution in [2.24, 2.45) is 28.7 Å². The Labute approximate surface area is 223 Å². The molecule has 0 aliphatic rings. The highest BCUT2D eigenvalue weighted by molar-refractivity contribution is 5.91. The number of benzene rings is 2. The number of carbonyl (C=O) groups excluding carboxylic acids is 1. The first kappa shape index (κ1) is 36.6. The van der Waals surface area contributed by atoms with Gasteiger partial charge in [0.15, 0.2) is 0 Å². The predicted molar refractivity (Wildman–Crippen MR) is 154 cm³/mol. The second-order valence-corrected chi connectivity index (χ2v) is 7.68. The molecule has 11 N–H and O–H groups in total. The third-order valence-electron chi connectivity index (χ3n) is 5.66. The van der Waals surface area contributed by atoms with Gasteiger partial charge in [-0.15, -0.1) is 0 Å². The van der Waals surface area contributed by atoms with Crippen molar-refractivity contribution < 1.29 is 19.4 Å². The Kier molecular flexibility index (Phi) is 23.6. The van der Waals surface area contributed by atoms with Gasteiger partial charge >= 0.3 is 5.97 Å².